The monoisotopic (exact) mass is 266 g/mol. The summed E-state index contributed by atoms with van der Waals surface area (Å²) in [5, 5.41) is 0. The summed E-state index contributed by atoms with van der Waals surface area (Å²) in [4.78, 5) is 11.5. The van der Waals surface area contributed by atoms with Crippen LogP contribution in [0.15, 0.2) is 23.1 Å². The molecular weight excluding hydrogens is 257 g/mol. The van der Waals surface area contributed by atoms with Crippen LogP contribution in [-0.2, 0) is 11.3 Å². The Labute approximate surface area is 99.8 Å². The maximum Gasteiger partial charge on any atom is 0.522 e. The molecule has 17 heavy (non-hydrogen) atoms. The summed E-state index contributed by atoms with van der Waals surface area (Å²) < 4.78 is 39.8. The third kappa shape index (κ3) is 4.16. The van der Waals surface area contributed by atoms with E-state index in [-0.39, 0.29) is 17.1 Å². The maximum atomic E-state index is 11.7. The van der Waals surface area contributed by atoms with Crippen molar-refractivity contribution in [3.63, 3.8) is 0 Å². The molecule has 1 aromatic rings. The Balaban J connectivity index is 2.76. The van der Waals surface area contributed by atoms with Crippen LogP contribution in [0.4, 0.5) is 13.2 Å². The van der Waals surface area contributed by atoms with Crippen molar-refractivity contribution < 1.29 is 17.9 Å². The molecule has 0 aliphatic heterocycles. The molecule has 0 fully saturated rings. The average molecular weight is 266 g/mol. The van der Waals surface area contributed by atoms with Gasteiger partial charge in [-0.25, -0.2) is 0 Å². The molecule has 0 atom stereocenters. The number of halogens is 3. The van der Waals surface area contributed by atoms with Gasteiger partial charge in [-0.3, -0.25) is 9.53 Å². The third-order valence-electron chi connectivity index (χ3n) is 1.88. The number of hydrogen-bond acceptors (Lipinski definition) is 3. The lowest BCUT2D eigenvalue weighted by molar-refractivity contribution is -0.325. The summed E-state index contributed by atoms with van der Waals surface area (Å²) in [5.41, 5.74) is 4.84. The van der Waals surface area contributed by atoms with Gasteiger partial charge in [-0.05, 0) is 12.1 Å². The lowest BCUT2D eigenvalue weighted by Gasteiger charge is -2.09. The highest BCUT2D eigenvalue weighted by Gasteiger charge is 2.28. The predicted molar refractivity (Wildman–Crippen MR) is 58.6 cm³/mol. The summed E-state index contributed by atoms with van der Waals surface area (Å²) in [6, 6.07) is 2.88. The van der Waals surface area contributed by atoms with Gasteiger partial charge in [-0.2, -0.15) is 0 Å². The minimum absolute atomic E-state index is 0.0921. The molecule has 0 aromatic carbocycles. The van der Waals surface area contributed by atoms with Crippen molar-refractivity contribution in [3.05, 3.63) is 34.2 Å². The van der Waals surface area contributed by atoms with Gasteiger partial charge in [0.15, 0.2) is 0 Å². The molecular formula is C9H9F3N2O2S. The van der Waals surface area contributed by atoms with Crippen molar-refractivity contribution in [2.45, 2.75) is 12.9 Å². The fourth-order valence-corrected chi connectivity index (χ4v) is 1.32. The number of nitrogens with zero attached hydrogens (tertiary/aromatic N) is 1. The highest BCUT2D eigenvalue weighted by molar-refractivity contribution is 7.80. The van der Waals surface area contributed by atoms with E-state index < -0.39 is 18.5 Å². The number of aromatic nitrogens is 1. The van der Waals surface area contributed by atoms with Crippen molar-refractivity contribution in [2.75, 3.05) is 6.61 Å². The number of nitrogens with two attached hydrogens (primary N) is 1. The molecule has 0 spiro atoms. The molecule has 2 N–H and O–H groups in total. The highest BCUT2D eigenvalue weighted by atomic mass is 32.1. The Morgan fingerprint density at radius 1 is 1.53 bits per heavy atom. The van der Waals surface area contributed by atoms with Crippen molar-refractivity contribution >= 4 is 17.2 Å². The van der Waals surface area contributed by atoms with Crippen LogP contribution in [0.1, 0.15) is 5.56 Å². The number of ether oxygens (including phenoxy) is 1. The van der Waals surface area contributed by atoms with Crippen LogP contribution in [0.3, 0.4) is 0 Å². The standard InChI is InChI=1S/C9H9F3N2O2S/c10-9(11,12)16-5-4-14-3-1-2-6(7(13)17)8(14)15/h1-3H,4-5H2,(H2,13,17). The Morgan fingerprint density at radius 2 is 2.18 bits per heavy atom. The second-order valence-corrected chi connectivity index (χ2v) is 3.52. The van der Waals surface area contributed by atoms with E-state index in [1.807, 2.05) is 0 Å². The van der Waals surface area contributed by atoms with E-state index in [9.17, 15) is 18.0 Å². The first kappa shape index (κ1) is 13.7. The van der Waals surface area contributed by atoms with E-state index in [0.29, 0.717) is 0 Å². The molecule has 94 valence electrons. The van der Waals surface area contributed by atoms with E-state index in [4.69, 9.17) is 5.73 Å². The van der Waals surface area contributed by atoms with Gasteiger partial charge >= 0.3 is 6.36 Å². The van der Waals surface area contributed by atoms with Crippen molar-refractivity contribution in [2.24, 2.45) is 5.73 Å². The van der Waals surface area contributed by atoms with Gasteiger partial charge in [0.25, 0.3) is 5.56 Å². The number of rotatable bonds is 4. The lowest BCUT2D eigenvalue weighted by Crippen LogP contribution is -2.30. The normalized spacial score (nSPS) is 11.5. The Bertz CT molecular complexity index is 470. The van der Waals surface area contributed by atoms with E-state index >= 15 is 0 Å². The van der Waals surface area contributed by atoms with Crippen LogP contribution in [0.2, 0.25) is 0 Å². The first-order valence-electron chi connectivity index (χ1n) is 4.51. The summed E-state index contributed by atoms with van der Waals surface area (Å²) in [6.45, 7) is -0.876. The molecule has 0 saturated heterocycles. The molecule has 0 radical (unpaired) electrons. The predicted octanol–water partition coefficient (Wildman–Crippen LogP) is 1.02. The van der Waals surface area contributed by atoms with Crippen LogP contribution in [0.5, 0.6) is 0 Å². The molecule has 4 nitrogen and oxygen atoms in total. The summed E-state index contributed by atoms with van der Waals surface area (Å²) in [5.74, 6) is 0. The fourth-order valence-electron chi connectivity index (χ4n) is 1.16. The topological polar surface area (TPSA) is 57.2 Å². The zero-order valence-corrected chi connectivity index (χ0v) is 9.35. The van der Waals surface area contributed by atoms with E-state index in [2.05, 4.69) is 17.0 Å². The molecule has 0 unspecified atom stereocenters. The highest BCUT2D eigenvalue weighted by Crippen LogP contribution is 2.15. The number of hydrogen-bond donors (Lipinski definition) is 1. The minimum Gasteiger partial charge on any atom is -0.389 e. The zero-order chi connectivity index (χ0) is 13.1. The first-order chi connectivity index (χ1) is 7.81. The number of thiocarbonyl (C=S) groups is 1. The van der Waals surface area contributed by atoms with Gasteiger partial charge in [0.1, 0.15) is 4.99 Å². The third-order valence-corrected chi connectivity index (χ3v) is 2.10. The number of pyridine rings is 1. The van der Waals surface area contributed by atoms with Crippen LogP contribution in [0, 0.1) is 0 Å². The van der Waals surface area contributed by atoms with Crippen LogP contribution in [-0.4, -0.2) is 22.5 Å². The molecule has 8 heteroatoms. The van der Waals surface area contributed by atoms with E-state index in [1.165, 1.54) is 18.3 Å². The van der Waals surface area contributed by atoms with Crippen LogP contribution < -0.4 is 11.3 Å². The fraction of sp³-hybridized carbons (Fsp3) is 0.333. The Hall–Kier alpha value is -1.41. The van der Waals surface area contributed by atoms with Crippen LogP contribution >= 0.6 is 12.2 Å². The van der Waals surface area contributed by atoms with Crippen molar-refractivity contribution in [1.29, 1.82) is 0 Å². The molecule has 0 saturated carbocycles. The smallest absolute Gasteiger partial charge is 0.389 e. The van der Waals surface area contributed by atoms with Gasteiger partial charge < -0.3 is 10.3 Å². The summed E-state index contributed by atoms with van der Waals surface area (Å²) in [6.07, 6.45) is -3.37. The maximum absolute atomic E-state index is 11.7. The van der Waals surface area contributed by atoms with Gasteiger partial charge in [-0.15, -0.1) is 13.2 Å². The average Bonchev–Trinajstić information content (AvgIpc) is 2.18. The Morgan fingerprint density at radius 3 is 2.71 bits per heavy atom. The Kier molecular flexibility index (Phi) is 4.24. The van der Waals surface area contributed by atoms with E-state index in [1.54, 1.807) is 0 Å². The largest absolute Gasteiger partial charge is 0.522 e. The molecule has 0 amide bonds. The summed E-state index contributed by atoms with van der Waals surface area (Å²) >= 11 is 4.63. The first-order valence-corrected chi connectivity index (χ1v) is 4.92. The zero-order valence-electron chi connectivity index (χ0n) is 8.53. The van der Waals surface area contributed by atoms with Crippen molar-refractivity contribution in [3.8, 4) is 0 Å². The molecule has 1 aromatic heterocycles. The molecule has 1 heterocycles. The summed E-state index contributed by atoms with van der Waals surface area (Å²) in [7, 11) is 0. The lowest BCUT2D eigenvalue weighted by atomic mass is 10.3. The van der Waals surface area contributed by atoms with Gasteiger partial charge in [0.2, 0.25) is 0 Å². The second-order valence-electron chi connectivity index (χ2n) is 3.08. The second kappa shape index (κ2) is 5.28. The van der Waals surface area contributed by atoms with Gasteiger partial charge in [-0.1, -0.05) is 12.2 Å². The molecule has 0 bridgehead atoms. The molecule has 0 aliphatic rings. The SMILES string of the molecule is NC(=S)c1cccn(CCOC(F)(F)F)c1=O. The number of alkyl halides is 3. The molecule has 0 aliphatic carbocycles. The minimum atomic E-state index is -4.70. The molecule has 1 rings (SSSR count). The van der Waals surface area contributed by atoms with Crippen LogP contribution in [0.25, 0.3) is 0 Å². The van der Waals surface area contributed by atoms with Gasteiger partial charge in [0, 0.05) is 12.7 Å². The van der Waals surface area contributed by atoms with E-state index in [0.717, 1.165) is 4.57 Å². The van der Waals surface area contributed by atoms with Crippen molar-refractivity contribution in [1.82, 2.24) is 4.57 Å². The quantitative estimate of drug-likeness (QED) is 0.827. The van der Waals surface area contributed by atoms with Gasteiger partial charge in [0.05, 0.1) is 12.2 Å².